The topological polar surface area (TPSA) is 102 Å². The van der Waals surface area contributed by atoms with Crippen LogP contribution in [0, 0.1) is 17.8 Å². The van der Waals surface area contributed by atoms with Crippen LogP contribution in [0.2, 0.25) is 10.6 Å². The molecule has 1 amide bonds. The predicted octanol–water partition coefficient (Wildman–Crippen LogP) is 2.51. The molecule has 9 nitrogen and oxygen atoms in total. The molecule has 4 atom stereocenters. The van der Waals surface area contributed by atoms with Crippen LogP contribution < -0.4 is 10.9 Å². The van der Waals surface area contributed by atoms with Gasteiger partial charge < -0.3 is 15.0 Å². The summed E-state index contributed by atoms with van der Waals surface area (Å²) in [6, 6.07) is 0.0229. The number of piperidine rings is 1. The quantitative estimate of drug-likeness (QED) is 0.527. The first-order valence-corrected chi connectivity index (χ1v) is 12.0. The average Bonchev–Trinajstić information content (AvgIpc) is 3.61. The van der Waals surface area contributed by atoms with Crippen LogP contribution in [0.25, 0.3) is 11.2 Å². The van der Waals surface area contributed by atoms with Crippen LogP contribution in [0.15, 0.2) is 11.0 Å². The summed E-state index contributed by atoms with van der Waals surface area (Å²) in [5, 5.41) is 3.44. The van der Waals surface area contributed by atoms with Crippen LogP contribution in [0.5, 0.6) is 0 Å². The Morgan fingerprint density at radius 2 is 2.12 bits per heavy atom. The lowest BCUT2D eigenvalue weighted by Gasteiger charge is -2.27. The zero-order chi connectivity index (χ0) is 23.7. The molecule has 1 aliphatic heterocycles. The number of ether oxygens (including phenoxy) is 1. The third-order valence-corrected chi connectivity index (χ3v) is 7.66. The Kier molecular flexibility index (Phi) is 5.15. The second kappa shape index (κ2) is 7.58. The van der Waals surface area contributed by atoms with E-state index in [0.717, 1.165) is 12.8 Å². The van der Waals surface area contributed by atoms with E-state index in [0.29, 0.717) is 54.4 Å². The summed E-state index contributed by atoms with van der Waals surface area (Å²) in [5.41, 5.74) is 0.349. The van der Waals surface area contributed by atoms with Gasteiger partial charge in [0.2, 0.25) is 5.28 Å². The molecular weight excluding hydrogens is 443 g/mol. The SMILES string of the molecule is B[C@]12CN(C(=O)OC(C)(C)C)C[C@H]1C2CNc1nc2cnc(Cl)nc2n(C(C)C2CC2)c1=O. The van der Waals surface area contributed by atoms with Gasteiger partial charge in [-0.2, -0.15) is 4.98 Å². The highest BCUT2D eigenvalue weighted by atomic mass is 35.5. The zero-order valence-corrected chi connectivity index (χ0v) is 20.5. The molecule has 2 aromatic rings. The van der Waals surface area contributed by atoms with E-state index in [9.17, 15) is 9.59 Å². The second-order valence-corrected chi connectivity index (χ2v) is 11.4. The Hall–Kier alpha value is -2.36. The number of hydrogen-bond acceptors (Lipinski definition) is 7. The minimum Gasteiger partial charge on any atom is -0.444 e. The summed E-state index contributed by atoms with van der Waals surface area (Å²) >= 11 is 6.01. The maximum atomic E-state index is 13.4. The van der Waals surface area contributed by atoms with Gasteiger partial charge in [-0.15, -0.1) is 0 Å². The highest BCUT2D eigenvalue weighted by Gasteiger charge is 2.66. The molecule has 1 N–H and O–H groups in total. The van der Waals surface area contributed by atoms with Crippen molar-refractivity contribution in [3.8, 4) is 0 Å². The third kappa shape index (κ3) is 4.07. The molecule has 2 unspecified atom stereocenters. The molecule has 3 fully saturated rings. The first kappa shape index (κ1) is 22.4. The fourth-order valence-electron chi connectivity index (χ4n) is 5.36. The summed E-state index contributed by atoms with van der Waals surface area (Å²) in [4.78, 5) is 40.5. The molecule has 5 rings (SSSR count). The van der Waals surface area contributed by atoms with Gasteiger partial charge in [-0.3, -0.25) is 9.36 Å². The Morgan fingerprint density at radius 1 is 1.39 bits per heavy atom. The molecule has 0 radical (unpaired) electrons. The molecule has 2 saturated carbocycles. The van der Waals surface area contributed by atoms with E-state index in [-0.39, 0.29) is 28.3 Å². The minimum absolute atomic E-state index is 0.0229. The summed E-state index contributed by atoms with van der Waals surface area (Å²) < 4.78 is 7.24. The molecule has 0 spiro atoms. The van der Waals surface area contributed by atoms with Crippen molar-refractivity contribution >= 4 is 42.5 Å². The minimum atomic E-state index is -0.501. The number of fused-ring (bicyclic) bond motifs is 2. The molecule has 2 aliphatic carbocycles. The third-order valence-electron chi connectivity index (χ3n) is 7.47. The number of amides is 1. The van der Waals surface area contributed by atoms with Gasteiger partial charge in [-0.1, -0.05) is 0 Å². The number of anilines is 1. The van der Waals surface area contributed by atoms with Gasteiger partial charge in [-0.25, -0.2) is 14.8 Å². The normalized spacial score (nSPS) is 27.4. The number of nitrogens with zero attached hydrogens (tertiary/aromatic N) is 5. The van der Waals surface area contributed by atoms with Gasteiger partial charge >= 0.3 is 6.09 Å². The van der Waals surface area contributed by atoms with E-state index in [4.69, 9.17) is 16.3 Å². The van der Waals surface area contributed by atoms with E-state index in [2.05, 4.69) is 35.0 Å². The van der Waals surface area contributed by atoms with E-state index in [1.165, 1.54) is 0 Å². The Labute approximate surface area is 198 Å². The number of carbonyl (C=O) groups excluding carboxylic acids is 1. The van der Waals surface area contributed by atoms with Crippen molar-refractivity contribution in [1.82, 2.24) is 24.4 Å². The van der Waals surface area contributed by atoms with Crippen LogP contribution in [-0.4, -0.2) is 63.6 Å². The van der Waals surface area contributed by atoms with Crippen LogP contribution in [-0.2, 0) is 4.74 Å². The molecule has 0 bridgehead atoms. The standard InChI is InChI=1S/C22H30BClN6O3/c1-11(12-5-6-12)30-17-15(8-26-19(24)28-17)27-16(18(30)31)25-7-13-14-9-29(10-22(13,14)23)20(32)33-21(2,3)4/h8,11-14H,5-7,9-10,23H2,1-4H3,(H,25,27)/t11?,13?,14-,22-/m0/s1. The van der Waals surface area contributed by atoms with Gasteiger partial charge in [-0.05, 0) is 75.2 Å². The highest BCUT2D eigenvalue weighted by Crippen LogP contribution is 2.67. The number of aromatic nitrogens is 4. The summed E-state index contributed by atoms with van der Waals surface area (Å²) in [6.07, 6.45) is 3.52. The molecule has 33 heavy (non-hydrogen) atoms. The lowest BCUT2D eigenvalue weighted by atomic mass is 9.80. The molecule has 2 aromatic heterocycles. The molecule has 0 aromatic carbocycles. The number of halogens is 1. The zero-order valence-electron chi connectivity index (χ0n) is 19.8. The van der Waals surface area contributed by atoms with Crippen LogP contribution in [0.4, 0.5) is 10.6 Å². The average molecular weight is 473 g/mol. The lowest BCUT2D eigenvalue weighted by Crippen LogP contribution is -2.38. The van der Waals surface area contributed by atoms with E-state index in [1.54, 1.807) is 15.7 Å². The van der Waals surface area contributed by atoms with Crippen LogP contribution in [0.3, 0.4) is 0 Å². The Morgan fingerprint density at radius 3 is 2.73 bits per heavy atom. The summed E-state index contributed by atoms with van der Waals surface area (Å²) in [7, 11) is 2.20. The Balaban J connectivity index is 1.32. The van der Waals surface area contributed by atoms with Crippen molar-refractivity contribution in [1.29, 1.82) is 0 Å². The molecule has 3 aliphatic rings. The van der Waals surface area contributed by atoms with Crippen molar-refractivity contribution in [3.63, 3.8) is 0 Å². The van der Waals surface area contributed by atoms with Crippen LogP contribution >= 0.6 is 11.6 Å². The fourth-order valence-corrected chi connectivity index (χ4v) is 5.49. The molecular formula is C22H30BClN6O3. The Bertz CT molecular complexity index is 1180. The van der Waals surface area contributed by atoms with Gasteiger partial charge in [0.25, 0.3) is 5.56 Å². The predicted molar refractivity (Wildman–Crippen MR) is 129 cm³/mol. The largest absolute Gasteiger partial charge is 0.444 e. The lowest BCUT2D eigenvalue weighted by molar-refractivity contribution is 0.0268. The van der Waals surface area contributed by atoms with Gasteiger partial charge in [0.15, 0.2) is 11.5 Å². The first-order valence-electron chi connectivity index (χ1n) is 11.6. The van der Waals surface area contributed by atoms with Gasteiger partial charge in [0.1, 0.15) is 19.0 Å². The van der Waals surface area contributed by atoms with Crippen molar-refractivity contribution < 1.29 is 9.53 Å². The smallest absolute Gasteiger partial charge is 0.410 e. The highest BCUT2D eigenvalue weighted by molar-refractivity contribution is 6.28. The van der Waals surface area contributed by atoms with Gasteiger partial charge in [0.05, 0.1) is 6.20 Å². The number of rotatable bonds is 5. The monoisotopic (exact) mass is 472 g/mol. The molecule has 1 saturated heterocycles. The molecule has 11 heteroatoms. The number of hydrogen-bond donors (Lipinski definition) is 1. The fraction of sp³-hybridized carbons (Fsp3) is 0.682. The van der Waals surface area contributed by atoms with Crippen molar-refractivity contribution in [2.45, 2.75) is 57.5 Å². The van der Waals surface area contributed by atoms with Crippen molar-refractivity contribution in [3.05, 3.63) is 21.8 Å². The number of carbonyl (C=O) groups is 1. The van der Waals surface area contributed by atoms with Crippen molar-refractivity contribution in [2.24, 2.45) is 17.8 Å². The van der Waals surface area contributed by atoms with E-state index < -0.39 is 5.60 Å². The maximum Gasteiger partial charge on any atom is 0.410 e. The summed E-state index contributed by atoms with van der Waals surface area (Å²) in [6.45, 7) is 9.66. The number of likely N-dealkylation sites (tertiary alicyclic amines) is 1. The summed E-state index contributed by atoms with van der Waals surface area (Å²) in [5.74, 6) is 1.53. The maximum absolute atomic E-state index is 13.4. The molecule has 3 heterocycles. The van der Waals surface area contributed by atoms with E-state index in [1.807, 2.05) is 20.8 Å². The van der Waals surface area contributed by atoms with E-state index >= 15 is 0 Å². The molecule has 176 valence electrons. The van der Waals surface area contributed by atoms with Crippen LogP contribution in [0.1, 0.15) is 46.6 Å². The second-order valence-electron chi connectivity index (χ2n) is 11.0. The number of nitrogens with one attached hydrogen (secondary N) is 1. The first-order chi connectivity index (χ1) is 15.5. The van der Waals surface area contributed by atoms with Gasteiger partial charge in [0, 0.05) is 25.7 Å². The van der Waals surface area contributed by atoms with Crippen molar-refractivity contribution in [2.75, 3.05) is 25.0 Å².